The zero-order chi connectivity index (χ0) is 18.8. The molecule has 0 atom stereocenters. The molecule has 0 N–H and O–H groups in total. The van der Waals surface area contributed by atoms with Crippen LogP contribution in [-0.2, 0) is 4.74 Å². The number of fused-ring (bicyclic) bond motifs is 1. The second-order valence-electron chi connectivity index (χ2n) is 7.08. The van der Waals surface area contributed by atoms with Gasteiger partial charge in [-0.05, 0) is 35.4 Å². The molecule has 0 radical (unpaired) electrons. The van der Waals surface area contributed by atoms with Gasteiger partial charge in [0.05, 0.1) is 24.4 Å². The Hall–Kier alpha value is -2.88. The Morgan fingerprint density at radius 3 is 2.17 bits per heavy atom. The van der Waals surface area contributed by atoms with Crippen LogP contribution in [0.4, 0.5) is 5.69 Å². The predicted octanol–water partition coefficient (Wildman–Crippen LogP) is 2.41. The molecule has 0 spiro atoms. The maximum absolute atomic E-state index is 5.46. The topological polar surface area (TPSA) is 25.4 Å². The molecular formula is C25H22ClN2O-. The molecule has 0 amide bonds. The normalized spacial score (nSPS) is 13.9. The fourth-order valence-electron chi connectivity index (χ4n) is 3.84. The van der Waals surface area contributed by atoms with Gasteiger partial charge in [-0.3, -0.25) is 0 Å². The summed E-state index contributed by atoms with van der Waals surface area (Å²) in [5, 5.41) is 1.18. The molecule has 1 aromatic heterocycles. The Morgan fingerprint density at radius 2 is 1.41 bits per heavy atom. The largest absolute Gasteiger partial charge is 1.00 e. The van der Waals surface area contributed by atoms with Crippen molar-refractivity contribution in [2.24, 2.45) is 0 Å². The van der Waals surface area contributed by atoms with E-state index in [1.54, 1.807) is 0 Å². The van der Waals surface area contributed by atoms with Gasteiger partial charge in [0.2, 0.25) is 0 Å². The minimum absolute atomic E-state index is 0. The van der Waals surface area contributed by atoms with Crippen molar-refractivity contribution in [1.29, 1.82) is 0 Å². The Kier molecular flexibility index (Phi) is 5.79. The number of aromatic nitrogens is 1. The lowest BCUT2D eigenvalue weighted by Gasteiger charge is -2.28. The minimum Gasteiger partial charge on any atom is -1.00 e. The number of rotatable bonds is 3. The molecule has 0 unspecified atom stereocenters. The third kappa shape index (κ3) is 3.98. The first-order chi connectivity index (χ1) is 13.9. The van der Waals surface area contributed by atoms with Crippen LogP contribution in [0.1, 0.15) is 0 Å². The summed E-state index contributed by atoms with van der Waals surface area (Å²) in [5.74, 6) is 0. The average Bonchev–Trinajstić information content (AvgIpc) is 2.79. The molecule has 4 aromatic rings. The first-order valence-electron chi connectivity index (χ1n) is 9.77. The quantitative estimate of drug-likeness (QED) is 0.527. The van der Waals surface area contributed by atoms with Crippen molar-refractivity contribution in [2.75, 3.05) is 31.2 Å². The van der Waals surface area contributed by atoms with Crippen molar-refractivity contribution in [2.45, 2.75) is 0 Å². The molecule has 0 saturated carbocycles. The van der Waals surface area contributed by atoms with E-state index in [1.807, 2.05) is 0 Å². The molecule has 1 fully saturated rings. The highest BCUT2D eigenvalue weighted by atomic mass is 35.5. The van der Waals surface area contributed by atoms with Gasteiger partial charge in [-0.1, -0.05) is 60.7 Å². The lowest BCUT2D eigenvalue weighted by molar-refractivity contribution is -0.00000620. The van der Waals surface area contributed by atoms with Crippen molar-refractivity contribution < 1.29 is 17.1 Å². The first-order valence-corrected chi connectivity index (χ1v) is 9.77. The van der Waals surface area contributed by atoms with Crippen LogP contribution in [0.25, 0.3) is 33.3 Å². The molecule has 4 heteroatoms. The summed E-state index contributed by atoms with van der Waals surface area (Å²) in [5.41, 5.74) is 6.85. The Labute approximate surface area is 177 Å². The van der Waals surface area contributed by atoms with Gasteiger partial charge in [0.25, 0.3) is 0 Å². The minimum atomic E-state index is 0. The lowest BCUT2D eigenvalue weighted by atomic mass is 9.98. The molecule has 1 saturated heterocycles. The van der Waals surface area contributed by atoms with Gasteiger partial charge in [-0.2, -0.15) is 0 Å². The van der Waals surface area contributed by atoms with Crippen LogP contribution < -0.4 is 17.3 Å². The highest BCUT2D eigenvalue weighted by Crippen LogP contribution is 2.32. The monoisotopic (exact) mass is 401 g/mol. The van der Waals surface area contributed by atoms with E-state index >= 15 is 0 Å². The number of ether oxygens (including phenoxy) is 1. The smallest absolute Gasteiger partial charge is 0.0715 e. The number of morpholine rings is 1. The van der Waals surface area contributed by atoms with E-state index in [0.717, 1.165) is 43.1 Å². The first kappa shape index (κ1) is 19.4. The van der Waals surface area contributed by atoms with Gasteiger partial charge in [-0.15, -0.1) is 0 Å². The number of para-hydroxylation sites is 1. The fourth-order valence-corrected chi connectivity index (χ4v) is 3.84. The Bertz CT molecular complexity index is 1090. The van der Waals surface area contributed by atoms with E-state index < -0.39 is 0 Å². The van der Waals surface area contributed by atoms with Crippen LogP contribution >= 0.6 is 0 Å². The number of nitrogens with zero attached hydrogens (tertiary/aromatic N) is 2. The lowest BCUT2D eigenvalue weighted by Crippen LogP contribution is -3.00. The second-order valence-corrected chi connectivity index (χ2v) is 7.08. The van der Waals surface area contributed by atoms with Gasteiger partial charge in [0, 0.05) is 29.7 Å². The zero-order valence-corrected chi connectivity index (χ0v) is 16.8. The van der Waals surface area contributed by atoms with Crippen LogP contribution in [0, 0.1) is 0 Å². The molecule has 29 heavy (non-hydrogen) atoms. The van der Waals surface area contributed by atoms with Crippen molar-refractivity contribution in [3.05, 3.63) is 84.9 Å². The van der Waals surface area contributed by atoms with Crippen LogP contribution in [-0.4, -0.2) is 31.3 Å². The molecule has 1 aliphatic rings. The SMILES string of the molecule is [Cl-].c1ccc(-c2cc(-c3ccc(N4CCOCC4)cc3)nc3ccccc23)cc1. The number of anilines is 1. The summed E-state index contributed by atoms with van der Waals surface area (Å²) in [4.78, 5) is 7.31. The molecule has 0 aliphatic carbocycles. The zero-order valence-electron chi connectivity index (χ0n) is 16.1. The van der Waals surface area contributed by atoms with Gasteiger partial charge >= 0.3 is 0 Å². The predicted molar refractivity (Wildman–Crippen MR) is 116 cm³/mol. The summed E-state index contributed by atoms with van der Waals surface area (Å²) in [6, 6.07) is 29.9. The number of hydrogen-bond acceptors (Lipinski definition) is 3. The maximum atomic E-state index is 5.46. The molecule has 3 nitrogen and oxygen atoms in total. The van der Waals surface area contributed by atoms with E-state index in [1.165, 1.54) is 22.2 Å². The van der Waals surface area contributed by atoms with Crippen LogP contribution in [0.2, 0.25) is 0 Å². The third-order valence-electron chi connectivity index (χ3n) is 5.34. The van der Waals surface area contributed by atoms with E-state index in [9.17, 15) is 0 Å². The number of hydrogen-bond donors (Lipinski definition) is 0. The molecule has 2 heterocycles. The fraction of sp³-hybridized carbons (Fsp3) is 0.160. The molecule has 1 aliphatic heterocycles. The molecular weight excluding hydrogens is 380 g/mol. The van der Waals surface area contributed by atoms with E-state index in [4.69, 9.17) is 9.72 Å². The van der Waals surface area contributed by atoms with Gasteiger partial charge in [-0.25, -0.2) is 4.98 Å². The van der Waals surface area contributed by atoms with Gasteiger partial charge in [0.15, 0.2) is 0 Å². The maximum Gasteiger partial charge on any atom is 0.0715 e. The van der Waals surface area contributed by atoms with Crippen molar-refractivity contribution >= 4 is 16.6 Å². The molecule has 0 bridgehead atoms. The van der Waals surface area contributed by atoms with Crippen LogP contribution in [0.3, 0.4) is 0 Å². The van der Waals surface area contributed by atoms with E-state index in [0.29, 0.717) is 0 Å². The summed E-state index contributed by atoms with van der Waals surface area (Å²) >= 11 is 0. The van der Waals surface area contributed by atoms with Crippen molar-refractivity contribution in [1.82, 2.24) is 4.98 Å². The summed E-state index contributed by atoms with van der Waals surface area (Å²) in [6.07, 6.45) is 0. The van der Waals surface area contributed by atoms with Gasteiger partial charge < -0.3 is 22.0 Å². The Balaban J connectivity index is 0.00000205. The average molecular weight is 402 g/mol. The van der Waals surface area contributed by atoms with Crippen LogP contribution in [0.5, 0.6) is 0 Å². The van der Waals surface area contributed by atoms with Gasteiger partial charge in [0.1, 0.15) is 0 Å². The Morgan fingerprint density at radius 1 is 0.724 bits per heavy atom. The molecule has 146 valence electrons. The van der Waals surface area contributed by atoms with Crippen molar-refractivity contribution in [3.8, 4) is 22.4 Å². The second kappa shape index (κ2) is 8.64. The number of pyridine rings is 1. The van der Waals surface area contributed by atoms with Crippen LogP contribution in [0.15, 0.2) is 84.9 Å². The highest BCUT2D eigenvalue weighted by molar-refractivity contribution is 5.96. The summed E-state index contributed by atoms with van der Waals surface area (Å²) in [7, 11) is 0. The summed E-state index contributed by atoms with van der Waals surface area (Å²) in [6.45, 7) is 3.50. The number of benzene rings is 3. The molecule has 3 aromatic carbocycles. The van der Waals surface area contributed by atoms with Crippen molar-refractivity contribution in [3.63, 3.8) is 0 Å². The summed E-state index contributed by atoms with van der Waals surface area (Å²) < 4.78 is 5.46. The van der Waals surface area contributed by atoms with E-state index in [-0.39, 0.29) is 12.4 Å². The third-order valence-corrected chi connectivity index (χ3v) is 5.34. The number of halogens is 1. The van der Waals surface area contributed by atoms with E-state index in [2.05, 4.69) is 89.8 Å². The highest BCUT2D eigenvalue weighted by Gasteiger charge is 2.12. The molecule has 5 rings (SSSR count). The standard InChI is InChI=1S/C25H22N2O.ClH/c1-2-6-19(7-3-1)23-18-25(26-24-9-5-4-8-22(23)24)20-10-12-21(13-11-20)27-14-16-28-17-15-27;/h1-13,18H,14-17H2;1H/p-1.